The second kappa shape index (κ2) is 7.11. The van der Waals surface area contributed by atoms with E-state index in [0.29, 0.717) is 30.2 Å². The van der Waals surface area contributed by atoms with E-state index in [9.17, 15) is 22.4 Å². The Morgan fingerprint density at radius 3 is 2.50 bits per heavy atom. The number of alkyl halides is 3. The quantitative estimate of drug-likeness (QED) is 0.757. The molecule has 1 heterocycles. The summed E-state index contributed by atoms with van der Waals surface area (Å²) in [5.41, 5.74) is -2.33. The van der Waals surface area contributed by atoms with Gasteiger partial charge in [-0.25, -0.2) is 9.37 Å². The fourth-order valence-corrected chi connectivity index (χ4v) is 2.98. The summed E-state index contributed by atoms with van der Waals surface area (Å²) in [4.78, 5) is 16.2. The zero-order valence-corrected chi connectivity index (χ0v) is 14.8. The Morgan fingerprint density at radius 2 is 1.96 bits per heavy atom. The molecule has 3 rings (SSSR count). The molecule has 1 amide bonds. The summed E-state index contributed by atoms with van der Waals surface area (Å²) in [6.45, 7) is 1.61. The van der Waals surface area contributed by atoms with Crippen LogP contribution in [0.3, 0.4) is 0 Å². The van der Waals surface area contributed by atoms with Crippen molar-refractivity contribution in [3.8, 4) is 6.07 Å². The molecule has 28 heavy (non-hydrogen) atoms. The fourth-order valence-electron chi connectivity index (χ4n) is 2.98. The lowest BCUT2D eigenvalue weighted by atomic mass is 9.75. The first-order chi connectivity index (χ1) is 13.1. The van der Waals surface area contributed by atoms with Crippen LogP contribution in [0.4, 0.5) is 28.9 Å². The molecule has 0 spiro atoms. The Labute approximate surface area is 158 Å². The Balaban J connectivity index is 1.83. The molecule has 0 atom stereocenters. The van der Waals surface area contributed by atoms with Gasteiger partial charge in [-0.2, -0.15) is 18.4 Å². The summed E-state index contributed by atoms with van der Waals surface area (Å²) >= 11 is 0. The first-order valence-electron chi connectivity index (χ1n) is 8.48. The monoisotopic (exact) mass is 392 g/mol. The van der Waals surface area contributed by atoms with Crippen molar-refractivity contribution in [1.29, 1.82) is 5.26 Å². The number of pyridine rings is 1. The normalized spacial score (nSPS) is 15.3. The molecule has 0 radical (unpaired) electrons. The lowest BCUT2D eigenvalue weighted by Crippen LogP contribution is -2.54. The number of amides is 1. The van der Waals surface area contributed by atoms with E-state index in [2.05, 4.69) is 15.6 Å². The number of hydrogen-bond acceptors (Lipinski definition) is 4. The summed E-state index contributed by atoms with van der Waals surface area (Å²) in [5.74, 6) is -0.967. The van der Waals surface area contributed by atoms with Gasteiger partial charge in [-0.15, -0.1) is 0 Å². The van der Waals surface area contributed by atoms with Gasteiger partial charge in [0.1, 0.15) is 17.4 Å². The number of aryl methyl sites for hydroxylation is 1. The SMILES string of the molecule is Cc1ccc(NC2(C(=O)Nc3cnc(C#N)c(C(F)(F)F)c3)CCC2)cc1F. The molecule has 1 aromatic carbocycles. The largest absolute Gasteiger partial charge is 0.419 e. The van der Waals surface area contributed by atoms with Crippen molar-refractivity contribution in [1.82, 2.24) is 4.98 Å². The Hall–Kier alpha value is -3.15. The van der Waals surface area contributed by atoms with Gasteiger partial charge < -0.3 is 10.6 Å². The van der Waals surface area contributed by atoms with Crippen LogP contribution in [0, 0.1) is 24.1 Å². The number of carbonyl (C=O) groups is 1. The maximum atomic E-state index is 13.8. The van der Waals surface area contributed by atoms with Crippen LogP contribution < -0.4 is 10.6 Å². The molecule has 1 fully saturated rings. The van der Waals surface area contributed by atoms with Gasteiger partial charge in [-0.3, -0.25) is 4.79 Å². The lowest BCUT2D eigenvalue weighted by molar-refractivity contribution is -0.138. The highest BCUT2D eigenvalue weighted by atomic mass is 19.4. The van der Waals surface area contributed by atoms with Crippen molar-refractivity contribution < 1.29 is 22.4 Å². The lowest BCUT2D eigenvalue weighted by Gasteiger charge is -2.41. The van der Waals surface area contributed by atoms with Crippen LogP contribution in [0.25, 0.3) is 0 Å². The van der Waals surface area contributed by atoms with Crippen LogP contribution in [0.5, 0.6) is 0 Å². The molecular formula is C19H16F4N4O. The minimum atomic E-state index is -4.77. The molecule has 0 bridgehead atoms. The molecule has 2 aromatic rings. The maximum absolute atomic E-state index is 13.8. The molecule has 9 heteroatoms. The van der Waals surface area contributed by atoms with Crippen molar-refractivity contribution in [2.45, 2.75) is 37.9 Å². The second-order valence-corrected chi connectivity index (χ2v) is 6.71. The van der Waals surface area contributed by atoms with Gasteiger partial charge in [-0.05, 0) is 49.9 Å². The van der Waals surface area contributed by atoms with E-state index in [-0.39, 0.29) is 5.69 Å². The molecule has 1 saturated carbocycles. The topological polar surface area (TPSA) is 77.8 Å². The number of hydrogen-bond donors (Lipinski definition) is 2. The summed E-state index contributed by atoms with van der Waals surface area (Å²) in [5, 5.41) is 14.2. The minimum Gasteiger partial charge on any atom is -0.371 e. The molecule has 5 nitrogen and oxygen atoms in total. The van der Waals surface area contributed by atoms with Gasteiger partial charge in [0.25, 0.3) is 0 Å². The molecule has 1 aromatic heterocycles. The molecule has 0 aliphatic heterocycles. The molecule has 2 N–H and O–H groups in total. The number of halogens is 4. The Kier molecular flexibility index (Phi) is 4.98. The van der Waals surface area contributed by atoms with E-state index < -0.39 is 34.7 Å². The van der Waals surface area contributed by atoms with Gasteiger partial charge in [0.15, 0.2) is 5.69 Å². The predicted molar refractivity (Wildman–Crippen MR) is 93.9 cm³/mol. The third-order valence-corrected chi connectivity index (χ3v) is 4.75. The molecule has 1 aliphatic carbocycles. The molecule has 0 saturated heterocycles. The Morgan fingerprint density at radius 1 is 1.25 bits per heavy atom. The van der Waals surface area contributed by atoms with Crippen molar-refractivity contribution in [2.24, 2.45) is 0 Å². The summed E-state index contributed by atoms with van der Waals surface area (Å²) in [6, 6.07) is 6.55. The summed E-state index contributed by atoms with van der Waals surface area (Å²) in [6.07, 6.45) is -2.13. The third kappa shape index (κ3) is 3.76. The zero-order valence-electron chi connectivity index (χ0n) is 14.8. The number of aromatic nitrogens is 1. The first-order valence-corrected chi connectivity index (χ1v) is 8.48. The maximum Gasteiger partial charge on any atom is 0.419 e. The highest BCUT2D eigenvalue weighted by molar-refractivity contribution is 6.00. The number of carbonyl (C=O) groups excluding carboxylic acids is 1. The van der Waals surface area contributed by atoms with Crippen molar-refractivity contribution in [3.63, 3.8) is 0 Å². The smallest absolute Gasteiger partial charge is 0.371 e. The third-order valence-electron chi connectivity index (χ3n) is 4.75. The van der Waals surface area contributed by atoms with Crippen LogP contribution in [-0.2, 0) is 11.0 Å². The highest BCUT2D eigenvalue weighted by Crippen LogP contribution is 2.37. The van der Waals surface area contributed by atoms with Crippen LogP contribution in [0.2, 0.25) is 0 Å². The second-order valence-electron chi connectivity index (χ2n) is 6.71. The average molecular weight is 392 g/mol. The van der Waals surface area contributed by atoms with Crippen LogP contribution in [-0.4, -0.2) is 16.4 Å². The van der Waals surface area contributed by atoms with Crippen molar-refractivity contribution >= 4 is 17.3 Å². The van der Waals surface area contributed by atoms with Crippen molar-refractivity contribution in [2.75, 3.05) is 10.6 Å². The molecule has 146 valence electrons. The fraction of sp³-hybridized carbons (Fsp3) is 0.316. The molecule has 1 aliphatic rings. The van der Waals surface area contributed by atoms with Gasteiger partial charge in [-0.1, -0.05) is 6.07 Å². The number of nitriles is 1. The number of nitrogens with zero attached hydrogens (tertiary/aromatic N) is 2. The molecule has 0 unspecified atom stereocenters. The van der Waals surface area contributed by atoms with Gasteiger partial charge in [0.2, 0.25) is 5.91 Å². The van der Waals surface area contributed by atoms with E-state index >= 15 is 0 Å². The van der Waals surface area contributed by atoms with Crippen LogP contribution >= 0.6 is 0 Å². The summed E-state index contributed by atoms with van der Waals surface area (Å²) < 4.78 is 53.0. The average Bonchev–Trinajstić information content (AvgIpc) is 2.60. The highest BCUT2D eigenvalue weighted by Gasteiger charge is 2.44. The van der Waals surface area contributed by atoms with Gasteiger partial charge in [0.05, 0.1) is 17.4 Å². The number of rotatable bonds is 4. The standard InChI is InChI=1S/C19H16F4N4O/c1-11-3-4-12(8-15(11)20)27-18(5-2-6-18)17(28)26-13-7-14(19(21,22)23)16(9-24)25-10-13/h3-4,7-8,10,27H,2,5-6H2,1H3,(H,26,28). The zero-order chi connectivity index (χ0) is 20.5. The van der Waals surface area contributed by atoms with E-state index in [4.69, 9.17) is 5.26 Å². The Bertz CT molecular complexity index is 961. The number of nitrogens with one attached hydrogen (secondary N) is 2. The van der Waals surface area contributed by atoms with E-state index in [1.165, 1.54) is 12.1 Å². The summed E-state index contributed by atoms with van der Waals surface area (Å²) in [7, 11) is 0. The predicted octanol–water partition coefficient (Wildman–Crippen LogP) is 4.39. The van der Waals surface area contributed by atoms with E-state index in [1.807, 2.05) is 0 Å². The minimum absolute atomic E-state index is 0.167. The van der Waals surface area contributed by atoms with Crippen LogP contribution in [0.15, 0.2) is 30.5 Å². The van der Waals surface area contributed by atoms with Gasteiger partial charge >= 0.3 is 6.18 Å². The number of benzene rings is 1. The van der Waals surface area contributed by atoms with E-state index in [1.54, 1.807) is 19.1 Å². The van der Waals surface area contributed by atoms with E-state index in [0.717, 1.165) is 12.6 Å². The number of anilines is 2. The van der Waals surface area contributed by atoms with Gasteiger partial charge in [0, 0.05) is 5.69 Å². The molecular weight excluding hydrogens is 376 g/mol. The first kappa shape index (κ1) is 19.6. The van der Waals surface area contributed by atoms with Crippen LogP contribution in [0.1, 0.15) is 36.1 Å². The van der Waals surface area contributed by atoms with Crippen molar-refractivity contribution in [3.05, 3.63) is 53.1 Å².